The molecular formula is C21H19F2N3O2. The highest BCUT2D eigenvalue weighted by molar-refractivity contribution is 5.89. The van der Waals surface area contributed by atoms with Gasteiger partial charge in [0.2, 0.25) is 0 Å². The Morgan fingerprint density at radius 1 is 1.14 bits per heavy atom. The lowest BCUT2D eigenvalue weighted by atomic mass is 9.75. The minimum absolute atomic E-state index is 0.160. The number of aryl methyl sites for hydroxylation is 1. The average Bonchev–Trinajstić information content (AvgIpc) is 3.22. The van der Waals surface area contributed by atoms with E-state index in [1.807, 2.05) is 0 Å². The first kappa shape index (κ1) is 18.3. The van der Waals surface area contributed by atoms with Crippen molar-refractivity contribution in [2.24, 2.45) is 0 Å². The summed E-state index contributed by atoms with van der Waals surface area (Å²) in [4.78, 5) is 12.8. The number of nitrogens with zero attached hydrogens (tertiary/aromatic N) is 2. The predicted molar refractivity (Wildman–Crippen MR) is 98.4 cm³/mol. The molecule has 7 heteroatoms. The zero-order valence-corrected chi connectivity index (χ0v) is 15.5. The van der Waals surface area contributed by atoms with Crippen molar-refractivity contribution in [1.82, 2.24) is 15.3 Å². The zero-order valence-electron chi connectivity index (χ0n) is 15.5. The number of carbonyl (C=O) groups excluding carboxylic acids is 1. The number of nitrogens with one attached hydrogen (secondary N) is 1. The van der Waals surface area contributed by atoms with Crippen LogP contribution in [0.4, 0.5) is 8.78 Å². The molecule has 0 saturated heterocycles. The molecule has 2 aromatic carbocycles. The molecule has 0 aliphatic heterocycles. The average molecular weight is 383 g/mol. The molecular weight excluding hydrogens is 364 g/mol. The predicted octanol–water partition coefficient (Wildman–Crippen LogP) is 3.31. The quantitative estimate of drug-likeness (QED) is 0.539. The summed E-state index contributed by atoms with van der Waals surface area (Å²) >= 11 is 0. The van der Waals surface area contributed by atoms with Crippen LogP contribution in [-0.4, -0.2) is 20.9 Å². The minimum Gasteiger partial charge on any atom is -0.289 e. The Morgan fingerprint density at radius 3 is 2.57 bits per heavy atom. The highest BCUT2D eigenvalue weighted by Crippen LogP contribution is 2.42. The summed E-state index contributed by atoms with van der Waals surface area (Å²) in [5, 5.41) is 13.7. The van der Waals surface area contributed by atoms with Crippen molar-refractivity contribution < 1.29 is 18.8 Å². The van der Waals surface area contributed by atoms with E-state index in [0.29, 0.717) is 28.1 Å². The summed E-state index contributed by atoms with van der Waals surface area (Å²) in [6.07, 6.45) is 1.99. The Bertz CT molecular complexity index is 1070. The summed E-state index contributed by atoms with van der Waals surface area (Å²) in [6.45, 7) is 3.39. The molecule has 1 aromatic heterocycles. The van der Waals surface area contributed by atoms with Gasteiger partial charge in [0.15, 0.2) is 0 Å². The van der Waals surface area contributed by atoms with Crippen LogP contribution >= 0.6 is 0 Å². The van der Waals surface area contributed by atoms with E-state index in [1.165, 1.54) is 16.8 Å². The molecule has 0 spiro atoms. The van der Waals surface area contributed by atoms with Gasteiger partial charge in [-0.2, -0.15) is 5.10 Å². The fourth-order valence-corrected chi connectivity index (χ4v) is 4.21. The number of carbonyl (C=O) groups is 1. The molecule has 2 N–H and O–H groups in total. The Labute approximate surface area is 160 Å². The summed E-state index contributed by atoms with van der Waals surface area (Å²) < 4.78 is 30.2. The number of para-hydroxylation sites is 1. The molecule has 4 rings (SSSR count). The van der Waals surface area contributed by atoms with E-state index in [1.54, 1.807) is 49.8 Å². The third-order valence-corrected chi connectivity index (χ3v) is 5.64. The number of hydrogen-bond acceptors (Lipinski definition) is 3. The third-order valence-electron chi connectivity index (χ3n) is 5.64. The Morgan fingerprint density at radius 2 is 1.86 bits per heavy atom. The minimum atomic E-state index is -1.20. The summed E-state index contributed by atoms with van der Waals surface area (Å²) in [7, 11) is 0. The van der Waals surface area contributed by atoms with Crippen LogP contribution in [0.15, 0.2) is 42.6 Å². The fraction of sp³-hybridized carbons (Fsp3) is 0.238. The molecule has 1 atom stereocenters. The molecule has 0 fully saturated rings. The lowest BCUT2D eigenvalue weighted by Gasteiger charge is -2.29. The molecule has 1 aliphatic carbocycles. The smallest absolute Gasteiger partial charge is 0.254 e. The van der Waals surface area contributed by atoms with Crippen molar-refractivity contribution >= 4 is 5.91 Å². The first-order chi connectivity index (χ1) is 13.4. The molecule has 0 radical (unpaired) electrons. The van der Waals surface area contributed by atoms with E-state index in [-0.39, 0.29) is 12.8 Å². The third kappa shape index (κ3) is 2.54. The summed E-state index contributed by atoms with van der Waals surface area (Å²) in [6, 6.07) is 9.32. The number of halogens is 2. The second kappa shape index (κ2) is 6.53. The van der Waals surface area contributed by atoms with Gasteiger partial charge in [0.25, 0.3) is 5.91 Å². The highest BCUT2D eigenvalue weighted by Gasteiger charge is 2.48. The van der Waals surface area contributed by atoms with Crippen LogP contribution < -0.4 is 5.48 Å². The maximum atomic E-state index is 14.5. The lowest BCUT2D eigenvalue weighted by Crippen LogP contribution is -2.45. The van der Waals surface area contributed by atoms with Crippen molar-refractivity contribution in [3.63, 3.8) is 0 Å². The molecule has 144 valence electrons. The van der Waals surface area contributed by atoms with Gasteiger partial charge in [0.05, 0.1) is 11.6 Å². The molecule has 0 unspecified atom stereocenters. The van der Waals surface area contributed by atoms with Gasteiger partial charge in [-0.05, 0) is 54.7 Å². The number of aromatic nitrogens is 2. The monoisotopic (exact) mass is 383 g/mol. The van der Waals surface area contributed by atoms with Gasteiger partial charge in [-0.25, -0.2) is 18.9 Å². The van der Waals surface area contributed by atoms with Crippen molar-refractivity contribution in [2.45, 2.75) is 32.1 Å². The fourth-order valence-electron chi connectivity index (χ4n) is 4.21. The van der Waals surface area contributed by atoms with E-state index in [9.17, 15) is 18.8 Å². The van der Waals surface area contributed by atoms with E-state index in [2.05, 4.69) is 5.10 Å². The van der Waals surface area contributed by atoms with Gasteiger partial charge in [-0.15, -0.1) is 0 Å². The summed E-state index contributed by atoms with van der Waals surface area (Å²) in [5.41, 5.74) is 3.82. The molecule has 3 aromatic rings. The van der Waals surface area contributed by atoms with Crippen LogP contribution in [0.2, 0.25) is 0 Å². The van der Waals surface area contributed by atoms with Gasteiger partial charge < -0.3 is 0 Å². The number of amides is 1. The standard InChI is InChI=1S/C21H19F2N3O2/c1-12-5-3-8-17(23)19(12)26-18-10-21(20(27)25-28,9-14(18)11-24-26)15-6-4-7-16(22)13(15)2/h3-8,11,28H,9-10H2,1-2H3,(H,25,27)/t21-/m0/s1. The second-order valence-corrected chi connectivity index (χ2v) is 7.22. The van der Waals surface area contributed by atoms with Crippen LogP contribution in [0.5, 0.6) is 0 Å². The first-order valence-corrected chi connectivity index (χ1v) is 8.90. The van der Waals surface area contributed by atoms with Crippen LogP contribution in [-0.2, 0) is 23.1 Å². The van der Waals surface area contributed by atoms with Gasteiger partial charge >= 0.3 is 0 Å². The van der Waals surface area contributed by atoms with Gasteiger partial charge in [-0.1, -0.05) is 24.3 Å². The molecule has 1 amide bonds. The summed E-state index contributed by atoms with van der Waals surface area (Å²) in [5.74, 6) is -1.48. The van der Waals surface area contributed by atoms with E-state index < -0.39 is 23.0 Å². The second-order valence-electron chi connectivity index (χ2n) is 7.22. The number of hydroxylamine groups is 1. The van der Waals surface area contributed by atoms with Crippen LogP contribution in [0.1, 0.15) is 27.9 Å². The Balaban J connectivity index is 1.88. The number of benzene rings is 2. The number of rotatable bonds is 3. The van der Waals surface area contributed by atoms with Crippen LogP contribution in [0, 0.1) is 25.5 Å². The Hall–Kier alpha value is -3.06. The Kier molecular flexibility index (Phi) is 4.27. The maximum absolute atomic E-state index is 14.5. The van der Waals surface area contributed by atoms with Gasteiger partial charge in [-0.3, -0.25) is 10.0 Å². The zero-order chi connectivity index (χ0) is 20.1. The van der Waals surface area contributed by atoms with E-state index in [4.69, 9.17) is 0 Å². The maximum Gasteiger partial charge on any atom is 0.254 e. The van der Waals surface area contributed by atoms with Crippen molar-refractivity contribution in [3.05, 3.63) is 82.2 Å². The van der Waals surface area contributed by atoms with Crippen molar-refractivity contribution in [3.8, 4) is 5.69 Å². The molecule has 5 nitrogen and oxygen atoms in total. The van der Waals surface area contributed by atoms with E-state index >= 15 is 0 Å². The number of fused-ring (bicyclic) bond motifs is 1. The van der Waals surface area contributed by atoms with Gasteiger partial charge in [0.1, 0.15) is 17.3 Å². The number of hydrogen-bond donors (Lipinski definition) is 2. The largest absolute Gasteiger partial charge is 0.289 e. The lowest BCUT2D eigenvalue weighted by molar-refractivity contribution is -0.135. The molecule has 1 aliphatic rings. The first-order valence-electron chi connectivity index (χ1n) is 8.90. The highest BCUT2D eigenvalue weighted by atomic mass is 19.1. The normalized spacial score (nSPS) is 18.2. The van der Waals surface area contributed by atoms with E-state index in [0.717, 1.165) is 5.56 Å². The molecule has 28 heavy (non-hydrogen) atoms. The van der Waals surface area contributed by atoms with Crippen LogP contribution in [0.25, 0.3) is 5.69 Å². The molecule has 0 saturated carbocycles. The molecule has 0 bridgehead atoms. The van der Waals surface area contributed by atoms with Crippen molar-refractivity contribution in [2.75, 3.05) is 0 Å². The SMILES string of the molecule is Cc1cccc(F)c1-n1ncc2c1C[C@](C(=O)NO)(c1cccc(F)c1C)C2. The van der Waals surface area contributed by atoms with Crippen LogP contribution in [0.3, 0.4) is 0 Å². The topological polar surface area (TPSA) is 67.2 Å². The van der Waals surface area contributed by atoms with Crippen molar-refractivity contribution in [1.29, 1.82) is 0 Å². The van der Waals surface area contributed by atoms with Gasteiger partial charge in [0, 0.05) is 12.1 Å². The molecule has 1 heterocycles.